The molecule has 4 heteroatoms. The Morgan fingerprint density at radius 1 is 1.11 bits per heavy atom. The van der Waals surface area contributed by atoms with Gasteiger partial charge in [-0.25, -0.2) is 0 Å². The molecule has 19 heavy (non-hydrogen) atoms. The zero-order valence-electron chi connectivity index (χ0n) is 12.7. The van der Waals surface area contributed by atoms with Crippen LogP contribution in [0.15, 0.2) is 0 Å². The maximum Gasteiger partial charge on any atom is 0.0707 e. The van der Waals surface area contributed by atoms with Gasteiger partial charge < -0.3 is 19.7 Å². The molecular formula is C15H30N2O2. The van der Waals surface area contributed by atoms with E-state index in [1.54, 1.807) is 0 Å². The lowest BCUT2D eigenvalue weighted by Crippen LogP contribution is -2.41. The van der Waals surface area contributed by atoms with Gasteiger partial charge in [0.1, 0.15) is 0 Å². The van der Waals surface area contributed by atoms with Gasteiger partial charge in [0.05, 0.1) is 12.2 Å². The SMILES string of the molecule is CC(C)NCC1CCC(CN(C)C2CCOCC2)O1. The molecular weight excluding hydrogens is 240 g/mol. The number of nitrogens with one attached hydrogen (secondary N) is 1. The second-order valence-corrected chi connectivity index (χ2v) is 6.30. The van der Waals surface area contributed by atoms with Crippen LogP contribution in [0.1, 0.15) is 39.5 Å². The number of nitrogens with zero attached hydrogens (tertiary/aromatic N) is 1. The van der Waals surface area contributed by atoms with Crippen molar-refractivity contribution in [3.8, 4) is 0 Å². The van der Waals surface area contributed by atoms with Gasteiger partial charge in [0.15, 0.2) is 0 Å². The van der Waals surface area contributed by atoms with Crippen LogP contribution in [0.3, 0.4) is 0 Å². The van der Waals surface area contributed by atoms with Crippen LogP contribution in [0.4, 0.5) is 0 Å². The van der Waals surface area contributed by atoms with E-state index in [4.69, 9.17) is 9.47 Å². The van der Waals surface area contributed by atoms with Crippen LogP contribution in [0, 0.1) is 0 Å². The highest BCUT2D eigenvalue weighted by Crippen LogP contribution is 2.22. The van der Waals surface area contributed by atoms with Gasteiger partial charge in [-0.1, -0.05) is 13.8 Å². The predicted molar refractivity (Wildman–Crippen MR) is 77.5 cm³/mol. The van der Waals surface area contributed by atoms with Crippen molar-refractivity contribution in [2.75, 3.05) is 33.4 Å². The standard InChI is InChI=1S/C15H30N2O2/c1-12(2)16-10-14-4-5-15(19-14)11-17(3)13-6-8-18-9-7-13/h12-16H,4-11H2,1-3H3. The molecule has 0 amide bonds. The highest BCUT2D eigenvalue weighted by atomic mass is 16.5. The molecule has 0 radical (unpaired) electrons. The minimum absolute atomic E-state index is 0.412. The molecule has 2 rings (SSSR count). The summed E-state index contributed by atoms with van der Waals surface area (Å²) in [5, 5.41) is 3.47. The predicted octanol–water partition coefficient (Wildman–Crippen LogP) is 1.64. The number of rotatable bonds is 6. The van der Waals surface area contributed by atoms with Crippen molar-refractivity contribution in [2.45, 2.75) is 63.8 Å². The highest BCUT2D eigenvalue weighted by molar-refractivity contribution is 4.80. The first kappa shape index (κ1) is 15.2. The molecule has 0 aromatic heterocycles. The Morgan fingerprint density at radius 3 is 2.47 bits per heavy atom. The second-order valence-electron chi connectivity index (χ2n) is 6.30. The molecule has 2 saturated heterocycles. The Bertz CT molecular complexity index is 255. The van der Waals surface area contributed by atoms with Crippen LogP contribution in [-0.4, -0.2) is 62.5 Å². The third-order valence-electron chi connectivity index (χ3n) is 4.26. The fourth-order valence-electron chi connectivity index (χ4n) is 3.03. The summed E-state index contributed by atoms with van der Waals surface area (Å²) in [4.78, 5) is 2.48. The van der Waals surface area contributed by atoms with E-state index >= 15 is 0 Å². The highest BCUT2D eigenvalue weighted by Gasteiger charge is 2.28. The van der Waals surface area contributed by atoms with Gasteiger partial charge in [-0.3, -0.25) is 0 Å². The fraction of sp³-hybridized carbons (Fsp3) is 1.00. The van der Waals surface area contributed by atoms with Crippen molar-refractivity contribution in [3.63, 3.8) is 0 Å². The van der Waals surface area contributed by atoms with Crippen molar-refractivity contribution < 1.29 is 9.47 Å². The van der Waals surface area contributed by atoms with E-state index in [0.717, 1.165) is 26.3 Å². The largest absolute Gasteiger partial charge is 0.381 e. The van der Waals surface area contributed by atoms with Gasteiger partial charge in [-0.2, -0.15) is 0 Å². The molecule has 2 aliphatic heterocycles. The molecule has 1 N–H and O–H groups in total. The van der Waals surface area contributed by atoms with E-state index in [1.807, 2.05) is 0 Å². The zero-order chi connectivity index (χ0) is 13.7. The summed E-state index contributed by atoms with van der Waals surface area (Å²) in [6, 6.07) is 1.23. The van der Waals surface area contributed by atoms with E-state index in [0.29, 0.717) is 24.3 Å². The van der Waals surface area contributed by atoms with Crippen LogP contribution in [0.2, 0.25) is 0 Å². The summed E-state index contributed by atoms with van der Waals surface area (Å²) >= 11 is 0. The molecule has 2 fully saturated rings. The molecule has 0 bridgehead atoms. The molecule has 0 saturated carbocycles. The summed E-state index contributed by atoms with van der Waals surface area (Å²) < 4.78 is 11.6. The van der Waals surface area contributed by atoms with Gasteiger partial charge in [-0.15, -0.1) is 0 Å². The quantitative estimate of drug-likeness (QED) is 0.795. The first-order valence-electron chi connectivity index (χ1n) is 7.82. The zero-order valence-corrected chi connectivity index (χ0v) is 12.7. The summed E-state index contributed by atoms with van der Waals surface area (Å²) in [7, 11) is 2.24. The smallest absolute Gasteiger partial charge is 0.0707 e. The molecule has 2 aliphatic rings. The van der Waals surface area contributed by atoms with Crippen LogP contribution in [0.25, 0.3) is 0 Å². The second kappa shape index (κ2) is 7.58. The molecule has 0 aromatic carbocycles. The first-order chi connectivity index (χ1) is 9.15. The number of likely N-dealkylation sites (N-methyl/N-ethyl adjacent to an activating group) is 1. The average Bonchev–Trinajstić information content (AvgIpc) is 2.85. The number of ether oxygens (including phenoxy) is 2. The molecule has 0 aromatic rings. The molecule has 0 spiro atoms. The van der Waals surface area contributed by atoms with Gasteiger partial charge in [-0.05, 0) is 32.7 Å². The topological polar surface area (TPSA) is 33.7 Å². The lowest BCUT2D eigenvalue weighted by atomic mass is 10.1. The number of hydrogen-bond acceptors (Lipinski definition) is 4. The maximum atomic E-state index is 6.14. The van der Waals surface area contributed by atoms with Crippen molar-refractivity contribution >= 4 is 0 Å². The van der Waals surface area contributed by atoms with E-state index < -0.39 is 0 Å². The van der Waals surface area contributed by atoms with Gasteiger partial charge in [0.2, 0.25) is 0 Å². The Kier molecular flexibility index (Phi) is 6.07. The van der Waals surface area contributed by atoms with Crippen LogP contribution in [-0.2, 0) is 9.47 Å². The van der Waals surface area contributed by atoms with Crippen molar-refractivity contribution in [1.82, 2.24) is 10.2 Å². The lowest BCUT2D eigenvalue weighted by Gasteiger charge is -2.32. The molecule has 112 valence electrons. The summed E-state index contributed by atoms with van der Waals surface area (Å²) in [6.45, 7) is 8.28. The first-order valence-corrected chi connectivity index (χ1v) is 7.82. The Morgan fingerprint density at radius 2 is 1.79 bits per heavy atom. The van der Waals surface area contributed by atoms with E-state index in [2.05, 4.69) is 31.1 Å². The van der Waals surface area contributed by atoms with Crippen molar-refractivity contribution in [1.29, 1.82) is 0 Å². The Labute approximate surface area is 117 Å². The molecule has 2 heterocycles. The third kappa shape index (κ3) is 5.03. The minimum atomic E-state index is 0.412. The normalized spacial score (nSPS) is 29.5. The molecule has 2 atom stereocenters. The third-order valence-corrected chi connectivity index (χ3v) is 4.26. The van der Waals surface area contributed by atoms with E-state index in [1.165, 1.54) is 25.7 Å². The van der Waals surface area contributed by atoms with Crippen molar-refractivity contribution in [2.24, 2.45) is 0 Å². The maximum absolute atomic E-state index is 6.14. The molecule has 0 aliphatic carbocycles. The van der Waals surface area contributed by atoms with Gasteiger partial charge >= 0.3 is 0 Å². The molecule has 2 unspecified atom stereocenters. The van der Waals surface area contributed by atoms with Crippen LogP contribution in [0.5, 0.6) is 0 Å². The average molecular weight is 270 g/mol. The Balaban J connectivity index is 1.66. The monoisotopic (exact) mass is 270 g/mol. The van der Waals surface area contributed by atoms with Crippen LogP contribution < -0.4 is 5.32 Å². The summed E-state index contributed by atoms with van der Waals surface area (Å²) in [5.74, 6) is 0. The fourth-order valence-corrected chi connectivity index (χ4v) is 3.03. The van der Waals surface area contributed by atoms with Gasteiger partial charge in [0, 0.05) is 38.4 Å². The Hall–Kier alpha value is -0.160. The molecule has 4 nitrogen and oxygen atoms in total. The van der Waals surface area contributed by atoms with E-state index in [-0.39, 0.29) is 0 Å². The number of hydrogen-bond donors (Lipinski definition) is 1. The summed E-state index contributed by atoms with van der Waals surface area (Å²) in [5.41, 5.74) is 0. The summed E-state index contributed by atoms with van der Waals surface area (Å²) in [6.07, 6.45) is 5.58. The minimum Gasteiger partial charge on any atom is -0.381 e. The van der Waals surface area contributed by atoms with Gasteiger partial charge in [0.25, 0.3) is 0 Å². The van der Waals surface area contributed by atoms with Crippen molar-refractivity contribution in [3.05, 3.63) is 0 Å². The van der Waals surface area contributed by atoms with Crippen LogP contribution >= 0.6 is 0 Å². The lowest BCUT2D eigenvalue weighted by molar-refractivity contribution is -0.00167. The van der Waals surface area contributed by atoms with E-state index in [9.17, 15) is 0 Å².